The Morgan fingerprint density at radius 1 is 1.06 bits per heavy atom. The minimum atomic E-state index is -0.608. The summed E-state index contributed by atoms with van der Waals surface area (Å²) in [6, 6.07) is 10.1. The van der Waals surface area contributed by atoms with Crippen molar-refractivity contribution in [3.05, 3.63) is 59.7 Å². The first-order valence-electron chi connectivity index (χ1n) is 5.39. The molecule has 0 saturated heterocycles. The first-order valence-corrected chi connectivity index (χ1v) is 5.39. The van der Waals surface area contributed by atoms with Gasteiger partial charge in [0.05, 0.1) is 6.42 Å². The molecule has 0 aliphatic heterocycles. The molecule has 0 unspecified atom stereocenters. The molecule has 0 atom stereocenters. The van der Waals surface area contributed by atoms with E-state index in [2.05, 4.69) is 0 Å². The van der Waals surface area contributed by atoms with Gasteiger partial charge in [-0.1, -0.05) is 24.3 Å². The quantitative estimate of drug-likeness (QED) is 0.890. The van der Waals surface area contributed by atoms with E-state index >= 15 is 0 Å². The van der Waals surface area contributed by atoms with Gasteiger partial charge in [0.1, 0.15) is 11.6 Å². The topological polar surface area (TPSA) is 43.1 Å². The van der Waals surface area contributed by atoms with E-state index in [-0.39, 0.29) is 17.8 Å². The fraction of sp³-hybridized carbons (Fsp3) is 0.0714. The predicted molar refractivity (Wildman–Crippen MR) is 64.7 cm³/mol. The molecule has 2 aromatic rings. The van der Waals surface area contributed by atoms with E-state index in [1.54, 1.807) is 12.1 Å². The third-order valence-electron chi connectivity index (χ3n) is 2.63. The van der Waals surface area contributed by atoms with Crippen molar-refractivity contribution in [1.29, 1.82) is 0 Å². The highest BCUT2D eigenvalue weighted by molar-refractivity contribution is 5.80. The molecular formula is C14H11F2NO. The SMILES string of the molecule is NC(=O)Cc1c(F)cccc1-c1ccc(F)cc1. The van der Waals surface area contributed by atoms with Crippen LogP contribution in [0.4, 0.5) is 8.78 Å². The van der Waals surface area contributed by atoms with Gasteiger partial charge in [-0.3, -0.25) is 4.79 Å². The van der Waals surface area contributed by atoms with Gasteiger partial charge in [0, 0.05) is 5.56 Å². The molecule has 92 valence electrons. The molecule has 1 amide bonds. The maximum absolute atomic E-state index is 13.7. The summed E-state index contributed by atoms with van der Waals surface area (Å²) in [5, 5.41) is 0. The van der Waals surface area contributed by atoms with Crippen LogP contribution >= 0.6 is 0 Å². The number of nitrogens with two attached hydrogens (primary N) is 1. The van der Waals surface area contributed by atoms with Gasteiger partial charge in [0.2, 0.25) is 5.91 Å². The van der Waals surface area contributed by atoms with Crippen LogP contribution in [0.1, 0.15) is 5.56 Å². The molecule has 0 fully saturated rings. The van der Waals surface area contributed by atoms with E-state index in [4.69, 9.17) is 5.73 Å². The minimum absolute atomic E-state index is 0.181. The lowest BCUT2D eigenvalue weighted by atomic mass is 9.97. The van der Waals surface area contributed by atoms with Crippen LogP contribution in [-0.4, -0.2) is 5.91 Å². The van der Waals surface area contributed by atoms with Crippen molar-refractivity contribution >= 4 is 5.91 Å². The average molecular weight is 247 g/mol. The minimum Gasteiger partial charge on any atom is -0.369 e. The molecule has 2 rings (SSSR count). The number of hydrogen-bond acceptors (Lipinski definition) is 1. The van der Waals surface area contributed by atoms with Crippen LogP contribution in [-0.2, 0) is 11.2 Å². The van der Waals surface area contributed by atoms with Gasteiger partial charge in [0.25, 0.3) is 0 Å². The zero-order chi connectivity index (χ0) is 13.1. The van der Waals surface area contributed by atoms with E-state index in [1.807, 2.05) is 0 Å². The number of halogens is 2. The number of primary amides is 1. The van der Waals surface area contributed by atoms with Gasteiger partial charge in [-0.15, -0.1) is 0 Å². The number of benzene rings is 2. The van der Waals surface area contributed by atoms with Crippen molar-refractivity contribution in [2.75, 3.05) is 0 Å². The largest absolute Gasteiger partial charge is 0.369 e. The Hall–Kier alpha value is -2.23. The van der Waals surface area contributed by atoms with Crippen LogP contribution in [0.15, 0.2) is 42.5 Å². The predicted octanol–water partition coefficient (Wildman–Crippen LogP) is 2.66. The summed E-state index contributed by atoms with van der Waals surface area (Å²) in [5.74, 6) is -1.47. The molecule has 0 heterocycles. The standard InChI is InChI=1S/C14H11F2NO/c15-10-6-4-9(5-7-10)11-2-1-3-13(16)12(11)8-14(17)18/h1-7H,8H2,(H2,17,18). The van der Waals surface area contributed by atoms with Crippen LogP contribution in [0.25, 0.3) is 11.1 Å². The van der Waals surface area contributed by atoms with Gasteiger partial charge in [-0.2, -0.15) is 0 Å². The summed E-state index contributed by atoms with van der Waals surface area (Å²) < 4.78 is 26.5. The Bertz CT molecular complexity index is 579. The summed E-state index contributed by atoms with van der Waals surface area (Å²) in [5.41, 5.74) is 6.53. The van der Waals surface area contributed by atoms with Gasteiger partial charge in [-0.25, -0.2) is 8.78 Å². The van der Waals surface area contributed by atoms with Crippen molar-refractivity contribution in [3.63, 3.8) is 0 Å². The molecule has 0 bridgehead atoms. The monoisotopic (exact) mass is 247 g/mol. The average Bonchev–Trinajstić information content (AvgIpc) is 2.32. The Morgan fingerprint density at radius 2 is 1.72 bits per heavy atom. The molecule has 0 saturated carbocycles. The summed E-state index contributed by atoms with van der Waals surface area (Å²) >= 11 is 0. The number of hydrogen-bond donors (Lipinski definition) is 1. The lowest BCUT2D eigenvalue weighted by Crippen LogP contribution is -2.15. The first kappa shape index (κ1) is 12.2. The Balaban J connectivity index is 2.53. The van der Waals surface area contributed by atoms with Crippen LogP contribution in [0.2, 0.25) is 0 Å². The van der Waals surface area contributed by atoms with Gasteiger partial charge in [-0.05, 0) is 29.3 Å². The summed E-state index contributed by atoms with van der Waals surface area (Å²) in [6.45, 7) is 0. The van der Waals surface area contributed by atoms with Crippen molar-refractivity contribution < 1.29 is 13.6 Å². The molecule has 0 aromatic heterocycles. The smallest absolute Gasteiger partial charge is 0.221 e. The first-order chi connectivity index (χ1) is 8.58. The highest BCUT2D eigenvalue weighted by Gasteiger charge is 2.12. The fourth-order valence-electron chi connectivity index (χ4n) is 1.81. The summed E-state index contributed by atoms with van der Waals surface area (Å²) in [7, 11) is 0. The summed E-state index contributed by atoms with van der Waals surface area (Å²) in [6.07, 6.45) is -0.181. The second-order valence-corrected chi connectivity index (χ2v) is 3.92. The highest BCUT2D eigenvalue weighted by atomic mass is 19.1. The highest BCUT2D eigenvalue weighted by Crippen LogP contribution is 2.26. The van der Waals surface area contributed by atoms with E-state index in [0.29, 0.717) is 11.1 Å². The Morgan fingerprint density at radius 3 is 2.33 bits per heavy atom. The molecule has 2 N–H and O–H groups in total. The third-order valence-corrected chi connectivity index (χ3v) is 2.63. The van der Waals surface area contributed by atoms with E-state index in [1.165, 1.54) is 30.3 Å². The molecule has 0 spiro atoms. The third kappa shape index (κ3) is 2.53. The Kier molecular flexibility index (Phi) is 3.37. The van der Waals surface area contributed by atoms with Crippen LogP contribution in [0.5, 0.6) is 0 Å². The van der Waals surface area contributed by atoms with E-state index in [0.717, 1.165) is 0 Å². The lowest BCUT2D eigenvalue weighted by molar-refractivity contribution is -0.117. The summed E-state index contributed by atoms with van der Waals surface area (Å²) in [4.78, 5) is 11.0. The number of carbonyl (C=O) groups is 1. The Labute approximate surface area is 103 Å². The van der Waals surface area contributed by atoms with Crippen molar-refractivity contribution in [3.8, 4) is 11.1 Å². The van der Waals surface area contributed by atoms with Crippen molar-refractivity contribution in [2.45, 2.75) is 6.42 Å². The maximum Gasteiger partial charge on any atom is 0.221 e. The number of amides is 1. The molecular weight excluding hydrogens is 236 g/mol. The van der Waals surface area contributed by atoms with Crippen LogP contribution in [0, 0.1) is 11.6 Å². The normalized spacial score (nSPS) is 10.3. The van der Waals surface area contributed by atoms with Crippen molar-refractivity contribution in [2.24, 2.45) is 5.73 Å². The molecule has 4 heteroatoms. The molecule has 2 nitrogen and oxygen atoms in total. The molecule has 0 aliphatic rings. The molecule has 0 aliphatic carbocycles. The fourth-order valence-corrected chi connectivity index (χ4v) is 1.81. The van der Waals surface area contributed by atoms with E-state index < -0.39 is 11.7 Å². The second-order valence-electron chi connectivity index (χ2n) is 3.92. The van der Waals surface area contributed by atoms with Gasteiger partial charge in [0.15, 0.2) is 0 Å². The van der Waals surface area contributed by atoms with Crippen LogP contribution < -0.4 is 5.73 Å². The number of rotatable bonds is 3. The van der Waals surface area contributed by atoms with Gasteiger partial charge >= 0.3 is 0 Å². The molecule has 18 heavy (non-hydrogen) atoms. The maximum atomic E-state index is 13.7. The molecule has 0 radical (unpaired) electrons. The zero-order valence-corrected chi connectivity index (χ0v) is 9.49. The lowest BCUT2D eigenvalue weighted by Gasteiger charge is -2.09. The van der Waals surface area contributed by atoms with Gasteiger partial charge < -0.3 is 5.73 Å². The van der Waals surface area contributed by atoms with Crippen LogP contribution in [0.3, 0.4) is 0 Å². The second kappa shape index (κ2) is 4.96. The number of carbonyl (C=O) groups excluding carboxylic acids is 1. The molecule has 2 aromatic carbocycles. The zero-order valence-electron chi connectivity index (χ0n) is 9.49. The van der Waals surface area contributed by atoms with E-state index in [9.17, 15) is 13.6 Å². The van der Waals surface area contributed by atoms with Crippen molar-refractivity contribution in [1.82, 2.24) is 0 Å².